The maximum Gasteiger partial charge on any atom is 0.397 e. The Hall–Kier alpha value is -1.31. The molecule has 5 nitrogen and oxygen atoms in total. The van der Waals surface area contributed by atoms with Crippen LogP contribution in [-0.2, 0) is 9.59 Å². The molecule has 1 amide bonds. The van der Waals surface area contributed by atoms with Gasteiger partial charge in [0, 0.05) is 0 Å². The van der Waals surface area contributed by atoms with Crippen molar-refractivity contribution in [2.24, 2.45) is 0 Å². The van der Waals surface area contributed by atoms with Crippen LogP contribution in [0, 0.1) is 0 Å². The number of hydrogen-bond acceptors (Lipinski definition) is 3. The summed E-state index contributed by atoms with van der Waals surface area (Å²) in [4.78, 5) is 20.4. The van der Waals surface area contributed by atoms with Crippen LogP contribution >= 0.6 is 0 Å². The maximum absolute atomic E-state index is 11.5. The van der Waals surface area contributed by atoms with Gasteiger partial charge < -0.3 is 15.5 Å². The minimum atomic E-state index is -4.64. The van der Waals surface area contributed by atoms with Crippen molar-refractivity contribution in [1.82, 2.24) is 5.32 Å². The lowest BCUT2D eigenvalue weighted by molar-refractivity contribution is -0.154. The Labute approximate surface area is 76.5 Å². The summed E-state index contributed by atoms with van der Waals surface area (Å²) in [6.45, 7) is -0.746. The lowest BCUT2D eigenvalue weighted by atomic mass is 10.3. The molecule has 0 rings (SSSR count). The van der Waals surface area contributed by atoms with E-state index in [1.165, 1.54) is 0 Å². The highest BCUT2D eigenvalue weighted by atomic mass is 19.4. The van der Waals surface area contributed by atoms with Crippen LogP contribution in [0.5, 0.6) is 0 Å². The fourth-order valence-electron chi connectivity index (χ4n) is 0.542. The van der Waals surface area contributed by atoms with Crippen molar-refractivity contribution in [3.05, 3.63) is 0 Å². The molecule has 0 aliphatic rings. The monoisotopic (exact) mass is 215 g/mol. The molecular formula is C6H8F3NO4. The zero-order chi connectivity index (χ0) is 11.4. The number of aliphatic carboxylic acids is 1. The van der Waals surface area contributed by atoms with E-state index in [0.717, 1.165) is 0 Å². The van der Waals surface area contributed by atoms with Crippen LogP contribution in [0.4, 0.5) is 13.2 Å². The number of carboxylic acid groups (broad SMARTS) is 1. The van der Waals surface area contributed by atoms with Gasteiger partial charge in [-0.2, -0.15) is 13.2 Å². The second-order valence-corrected chi connectivity index (χ2v) is 2.45. The summed E-state index contributed by atoms with van der Waals surface area (Å²) < 4.78 is 34.6. The predicted octanol–water partition coefficient (Wildman–Crippen LogP) is -0.500. The molecule has 0 aliphatic carbocycles. The molecule has 0 aromatic heterocycles. The number of aliphatic hydroxyl groups excluding tert-OH is 1. The lowest BCUT2D eigenvalue weighted by Gasteiger charge is -2.09. The topological polar surface area (TPSA) is 86.6 Å². The Balaban J connectivity index is 3.81. The number of carbonyl (C=O) groups excluding carboxylic acids is 1. The fourth-order valence-corrected chi connectivity index (χ4v) is 0.542. The van der Waals surface area contributed by atoms with Gasteiger partial charge in [0.2, 0.25) is 5.91 Å². The van der Waals surface area contributed by atoms with Gasteiger partial charge in [0.05, 0.1) is 6.54 Å². The zero-order valence-corrected chi connectivity index (χ0v) is 6.84. The van der Waals surface area contributed by atoms with Crippen molar-refractivity contribution in [2.45, 2.75) is 18.7 Å². The molecule has 0 spiro atoms. The minimum absolute atomic E-state index is 0.746. The van der Waals surface area contributed by atoms with Crippen LogP contribution < -0.4 is 5.32 Å². The number of alkyl halides is 3. The largest absolute Gasteiger partial charge is 0.479 e. The van der Waals surface area contributed by atoms with Gasteiger partial charge in [-0.3, -0.25) is 4.79 Å². The highest BCUT2D eigenvalue weighted by Gasteiger charge is 2.31. The van der Waals surface area contributed by atoms with E-state index >= 15 is 0 Å². The molecule has 0 saturated carbocycles. The first-order valence-electron chi connectivity index (χ1n) is 3.46. The highest BCUT2D eigenvalue weighted by molar-refractivity contribution is 5.78. The van der Waals surface area contributed by atoms with E-state index in [1.807, 2.05) is 0 Å². The maximum atomic E-state index is 11.5. The molecule has 8 heteroatoms. The van der Waals surface area contributed by atoms with Crippen molar-refractivity contribution < 1.29 is 33.0 Å². The second kappa shape index (κ2) is 4.80. The van der Waals surface area contributed by atoms with Crippen molar-refractivity contribution >= 4 is 11.9 Å². The third-order valence-electron chi connectivity index (χ3n) is 1.14. The first kappa shape index (κ1) is 12.7. The average molecular weight is 215 g/mol. The zero-order valence-electron chi connectivity index (χ0n) is 6.84. The van der Waals surface area contributed by atoms with Gasteiger partial charge in [0.15, 0.2) is 6.10 Å². The SMILES string of the molecule is O=C(CC(F)(F)F)NC[C@H](O)C(=O)O. The van der Waals surface area contributed by atoms with Crippen molar-refractivity contribution in [3.63, 3.8) is 0 Å². The van der Waals surface area contributed by atoms with Crippen molar-refractivity contribution in [3.8, 4) is 0 Å². The van der Waals surface area contributed by atoms with E-state index in [4.69, 9.17) is 10.2 Å². The summed E-state index contributed by atoms with van der Waals surface area (Å²) in [5.41, 5.74) is 0. The molecule has 0 fully saturated rings. The van der Waals surface area contributed by atoms with Crippen molar-refractivity contribution in [2.75, 3.05) is 6.54 Å². The number of halogens is 3. The van der Waals surface area contributed by atoms with Crippen LogP contribution in [0.2, 0.25) is 0 Å². The van der Waals surface area contributed by atoms with Gasteiger partial charge in [-0.15, -0.1) is 0 Å². The first-order valence-corrected chi connectivity index (χ1v) is 3.46. The van der Waals surface area contributed by atoms with Gasteiger partial charge in [0.25, 0.3) is 0 Å². The van der Waals surface area contributed by atoms with E-state index in [2.05, 4.69) is 0 Å². The molecule has 0 aliphatic heterocycles. The Morgan fingerprint density at radius 3 is 2.21 bits per heavy atom. The van der Waals surface area contributed by atoms with Crippen LogP contribution in [-0.4, -0.2) is 40.9 Å². The second-order valence-electron chi connectivity index (χ2n) is 2.45. The van der Waals surface area contributed by atoms with E-state index < -0.39 is 37.1 Å². The third kappa shape index (κ3) is 6.23. The summed E-state index contributed by atoms with van der Waals surface area (Å²) in [6, 6.07) is 0. The molecule has 0 radical (unpaired) electrons. The number of nitrogens with one attached hydrogen (secondary N) is 1. The van der Waals surface area contributed by atoms with Crippen LogP contribution in [0.15, 0.2) is 0 Å². The molecule has 82 valence electrons. The van der Waals surface area contributed by atoms with E-state index in [1.54, 1.807) is 5.32 Å². The smallest absolute Gasteiger partial charge is 0.397 e. The fraction of sp³-hybridized carbons (Fsp3) is 0.667. The molecule has 1 atom stereocenters. The van der Waals surface area contributed by atoms with Gasteiger partial charge in [-0.25, -0.2) is 4.79 Å². The number of carbonyl (C=O) groups is 2. The quantitative estimate of drug-likeness (QED) is 0.590. The Bertz CT molecular complexity index is 228. The number of amides is 1. The standard InChI is InChI=1S/C6H8F3NO4/c7-6(8,9)1-4(12)10-2-3(11)5(13)14/h3,11H,1-2H2,(H,10,12)(H,13,14)/t3-/m0/s1. The van der Waals surface area contributed by atoms with Crippen LogP contribution in [0.25, 0.3) is 0 Å². The molecule has 0 unspecified atom stereocenters. The highest BCUT2D eigenvalue weighted by Crippen LogP contribution is 2.18. The summed E-state index contributed by atoms with van der Waals surface area (Å²) >= 11 is 0. The van der Waals surface area contributed by atoms with Crippen molar-refractivity contribution in [1.29, 1.82) is 0 Å². The van der Waals surface area contributed by atoms with Gasteiger partial charge in [0.1, 0.15) is 6.42 Å². The van der Waals surface area contributed by atoms with Gasteiger partial charge >= 0.3 is 12.1 Å². The summed E-state index contributed by atoms with van der Waals surface area (Å²) in [6.07, 6.45) is -8.23. The lowest BCUT2D eigenvalue weighted by Crippen LogP contribution is -2.38. The third-order valence-corrected chi connectivity index (χ3v) is 1.14. The number of rotatable bonds is 4. The van der Waals surface area contributed by atoms with E-state index in [0.29, 0.717) is 0 Å². The molecule has 0 heterocycles. The number of aliphatic hydroxyl groups is 1. The summed E-state index contributed by atoms with van der Waals surface area (Å²) in [7, 11) is 0. The van der Waals surface area contributed by atoms with Gasteiger partial charge in [-0.05, 0) is 0 Å². The molecular weight excluding hydrogens is 207 g/mol. The molecule has 0 bridgehead atoms. The Morgan fingerprint density at radius 2 is 1.86 bits per heavy atom. The normalized spacial score (nSPS) is 13.4. The summed E-state index contributed by atoms with van der Waals surface area (Å²) in [5, 5.41) is 18.3. The van der Waals surface area contributed by atoms with E-state index in [-0.39, 0.29) is 0 Å². The molecule has 14 heavy (non-hydrogen) atoms. The van der Waals surface area contributed by atoms with Gasteiger partial charge in [-0.1, -0.05) is 0 Å². The Morgan fingerprint density at radius 1 is 1.36 bits per heavy atom. The first-order chi connectivity index (χ1) is 6.22. The molecule has 0 aromatic carbocycles. The number of hydrogen-bond donors (Lipinski definition) is 3. The molecule has 3 N–H and O–H groups in total. The number of carboxylic acids is 1. The minimum Gasteiger partial charge on any atom is -0.479 e. The average Bonchev–Trinajstić information content (AvgIpc) is 1.96. The summed E-state index contributed by atoms with van der Waals surface area (Å²) in [5.74, 6) is -2.99. The van der Waals surface area contributed by atoms with E-state index in [9.17, 15) is 22.8 Å². The molecule has 0 aromatic rings. The Kier molecular flexibility index (Phi) is 4.35. The van der Waals surface area contributed by atoms with Crippen LogP contribution in [0.1, 0.15) is 6.42 Å². The molecule has 0 saturated heterocycles. The predicted molar refractivity (Wildman–Crippen MR) is 37.3 cm³/mol. The van der Waals surface area contributed by atoms with Crippen LogP contribution in [0.3, 0.4) is 0 Å².